The number of carbonyl (C=O) groups excluding carboxylic acids is 1. The van der Waals surface area contributed by atoms with E-state index in [1.54, 1.807) is 7.11 Å². The van der Waals surface area contributed by atoms with E-state index in [2.05, 4.69) is 59.3 Å². The third-order valence-electron chi connectivity index (χ3n) is 5.76. The molecule has 2 aromatic carbocycles. The van der Waals surface area contributed by atoms with Gasteiger partial charge in [0.15, 0.2) is 6.54 Å². The zero-order chi connectivity index (χ0) is 21.3. The highest BCUT2D eigenvalue weighted by molar-refractivity contribution is 5.76. The molecule has 1 saturated heterocycles. The standard InChI is InChI=1S/C24H34N4O2/c1-4-27(21-9-7-8-20(2)18-21)13-12-25-24(29)19-26-14-16-28(17-15-26)22-10-5-6-11-23(22)30-3/h5-11,18H,4,12-17,19H2,1-3H3,(H,25,29)/p+1. The highest BCUT2D eigenvalue weighted by Gasteiger charge is 2.23. The molecule has 1 aliphatic heterocycles. The molecule has 0 atom stereocenters. The van der Waals surface area contributed by atoms with Gasteiger partial charge in [-0.1, -0.05) is 24.3 Å². The van der Waals surface area contributed by atoms with E-state index in [4.69, 9.17) is 4.74 Å². The molecular formula is C24H35N4O2+. The second kappa shape index (κ2) is 10.9. The minimum absolute atomic E-state index is 0.135. The third kappa shape index (κ3) is 5.89. The first-order valence-corrected chi connectivity index (χ1v) is 10.9. The number of nitrogens with zero attached hydrogens (tertiary/aromatic N) is 2. The molecule has 0 unspecified atom stereocenters. The number of benzene rings is 2. The highest BCUT2D eigenvalue weighted by atomic mass is 16.5. The van der Waals surface area contributed by atoms with Gasteiger partial charge in [-0.25, -0.2) is 0 Å². The number of likely N-dealkylation sites (N-methyl/N-ethyl adjacent to an activating group) is 1. The lowest BCUT2D eigenvalue weighted by Crippen LogP contribution is -3.16. The van der Waals surface area contributed by atoms with Crippen LogP contribution >= 0.6 is 0 Å². The third-order valence-corrected chi connectivity index (χ3v) is 5.76. The number of amides is 1. The van der Waals surface area contributed by atoms with Crippen molar-refractivity contribution in [2.24, 2.45) is 0 Å². The van der Waals surface area contributed by atoms with Gasteiger partial charge in [0, 0.05) is 25.3 Å². The van der Waals surface area contributed by atoms with Gasteiger partial charge in [-0.15, -0.1) is 0 Å². The topological polar surface area (TPSA) is 49.2 Å². The first kappa shape index (κ1) is 22.0. The van der Waals surface area contributed by atoms with Gasteiger partial charge in [0.2, 0.25) is 0 Å². The Bertz CT molecular complexity index is 818. The van der Waals surface area contributed by atoms with Crippen molar-refractivity contribution in [2.75, 3.05) is 69.3 Å². The fraction of sp³-hybridized carbons (Fsp3) is 0.458. The predicted octanol–water partition coefficient (Wildman–Crippen LogP) is 1.35. The summed E-state index contributed by atoms with van der Waals surface area (Å²) in [4.78, 5) is 18.4. The van der Waals surface area contributed by atoms with Crippen molar-refractivity contribution < 1.29 is 14.4 Å². The molecule has 0 bridgehead atoms. The van der Waals surface area contributed by atoms with Crippen LogP contribution < -0.4 is 24.8 Å². The van der Waals surface area contributed by atoms with E-state index in [1.807, 2.05) is 18.2 Å². The summed E-state index contributed by atoms with van der Waals surface area (Å²) < 4.78 is 5.48. The van der Waals surface area contributed by atoms with Gasteiger partial charge in [-0.2, -0.15) is 0 Å². The number of hydrogen-bond acceptors (Lipinski definition) is 4. The summed E-state index contributed by atoms with van der Waals surface area (Å²) in [6, 6.07) is 16.6. The van der Waals surface area contributed by atoms with Gasteiger partial charge < -0.3 is 24.8 Å². The molecular weight excluding hydrogens is 376 g/mol. The molecule has 2 N–H and O–H groups in total. The number of hydrogen-bond donors (Lipinski definition) is 2. The lowest BCUT2D eigenvalue weighted by molar-refractivity contribution is -0.892. The smallest absolute Gasteiger partial charge is 0.275 e. The summed E-state index contributed by atoms with van der Waals surface area (Å²) in [6.07, 6.45) is 0. The molecule has 162 valence electrons. The van der Waals surface area contributed by atoms with Crippen molar-refractivity contribution in [2.45, 2.75) is 13.8 Å². The first-order valence-electron chi connectivity index (χ1n) is 10.9. The molecule has 6 nitrogen and oxygen atoms in total. The Morgan fingerprint density at radius 3 is 2.63 bits per heavy atom. The molecule has 0 aliphatic carbocycles. The van der Waals surface area contributed by atoms with Gasteiger partial charge in [0.1, 0.15) is 5.75 Å². The van der Waals surface area contributed by atoms with Crippen LogP contribution in [0, 0.1) is 6.92 Å². The molecule has 6 heteroatoms. The molecule has 30 heavy (non-hydrogen) atoms. The summed E-state index contributed by atoms with van der Waals surface area (Å²) in [6.45, 7) is 11.0. The predicted molar refractivity (Wildman–Crippen MR) is 123 cm³/mol. The Labute approximate surface area is 180 Å². The average Bonchev–Trinajstić information content (AvgIpc) is 2.77. The van der Waals surface area contributed by atoms with Crippen LogP contribution in [-0.4, -0.2) is 65.4 Å². The SMILES string of the molecule is CCN(CCNC(=O)C[NH+]1CCN(c2ccccc2OC)CC1)c1cccc(C)c1. The van der Waals surface area contributed by atoms with Gasteiger partial charge >= 0.3 is 0 Å². The summed E-state index contributed by atoms with van der Waals surface area (Å²) in [5, 5.41) is 3.11. The van der Waals surface area contributed by atoms with Crippen molar-refractivity contribution in [3.05, 3.63) is 54.1 Å². The van der Waals surface area contributed by atoms with Gasteiger partial charge in [-0.3, -0.25) is 4.79 Å². The molecule has 0 spiro atoms. The molecule has 2 aromatic rings. The molecule has 0 radical (unpaired) electrons. The number of rotatable bonds is 9. The van der Waals surface area contributed by atoms with Crippen LogP contribution in [-0.2, 0) is 4.79 Å². The fourth-order valence-corrected chi connectivity index (χ4v) is 4.05. The Morgan fingerprint density at radius 2 is 1.93 bits per heavy atom. The summed E-state index contributed by atoms with van der Waals surface area (Å²) in [5.74, 6) is 1.05. The quantitative estimate of drug-likeness (QED) is 0.654. The Balaban J connectivity index is 1.40. The minimum atomic E-state index is 0.135. The number of para-hydroxylation sites is 2. The first-order chi connectivity index (χ1) is 14.6. The van der Waals surface area contributed by atoms with Gasteiger partial charge in [-0.05, 0) is 43.7 Å². The minimum Gasteiger partial charge on any atom is -0.495 e. The molecule has 1 fully saturated rings. The van der Waals surface area contributed by atoms with Gasteiger partial charge in [0.25, 0.3) is 5.91 Å². The number of quaternary nitrogens is 1. The normalized spacial score (nSPS) is 14.4. The van der Waals surface area contributed by atoms with E-state index in [1.165, 1.54) is 16.2 Å². The van der Waals surface area contributed by atoms with Gasteiger partial charge in [0.05, 0.1) is 39.0 Å². The van der Waals surface area contributed by atoms with Crippen LogP contribution in [0.25, 0.3) is 0 Å². The number of piperazine rings is 1. The number of methoxy groups -OCH3 is 1. The van der Waals surface area contributed by atoms with E-state index in [0.29, 0.717) is 13.1 Å². The Hall–Kier alpha value is -2.73. The van der Waals surface area contributed by atoms with Crippen LogP contribution in [0.2, 0.25) is 0 Å². The van der Waals surface area contributed by atoms with Crippen molar-refractivity contribution in [1.29, 1.82) is 0 Å². The zero-order valence-electron chi connectivity index (χ0n) is 18.5. The second-order valence-electron chi connectivity index (χ2n) is 7.85. The van der Waals surface area contributed by atoms with Crippen LogP contribution in [0.3, 0.4) is 0 Å². The van der Waals surface area contributed by atoms with Crippen LogP contribution in [0.15, 0.2) is 48.5 Å². The number of aryl methyl sites for hydroxylation is 1. The number of nitrogens with one attached hydrogen (secondary N) is 2. The molecule has 1 aliphatic rings. The molecule has 1 amide bonds. The second-order valence-corrected chi connectivity index (χ2v) is 7.85. The van der Waals surface area contributed by atoms with E-state index in [0.717, 1.165) is 50.7 Å². The maximum atomic E-state index is 12.4. The Morgan fingerprint density at radius 1 is 1.17 bits per heavy atom. The molecule has 0 aromatic heterocycles. The maximum absolute atomic E-state index is 12.4. The van der Waals surface area contributed by atoms with Crippen molar-refractivity contribution in [3.63, 3.8) is 0 Å². The van der Waals surface area contributed by atoms with E-state index in [-0.39, 0.29) is 5.91 Å². The maximum Gasteiger partial charge on any atom is 0.275 e. The number of ether oxygens (including phenoxy) is 1. The van der Waals surface area contributed by atoms with Crippen molar-refractivity contribution in [1.82, 2.24) is 5.32 Å². The largest absolute Gasteiger partial charge is 0.495 e. The lowest BCUT2D eigenvalue weighted by Gasteiger charge is -2.34. The molecule has 0 saturated carbocycles. The summed E-state index contributed by atoms with van der Waals surface area (Å²) in [5.41, 5.74) is 3.61. The lowest BCUT2D eigenvalue weighted by atomic mass is 10.2. The average molecular weight is 412 g/mol. The van der Waals surface area contributed by atoms with E-state index >= 15 is 0 Å². The zero-order valence-corrected chi connectivity index (χ0v) is 18.5. The van der Waals surface area contributed by atoms with Crippen molar-refractivity contribution in [3.8, 4) is 5.75 Å². The number of carbonyl (C=O) groups is 1. The Kier molecular flexibility index (Phi) is 7.97. The van der Waals surface area contributed by atoms with E-state index < -0.39 is 0 Å². The summed E-state index contributed by atoms with van der Waals surface area (Å²) >= 11 is 0. The highest BCUT2D eigenvalue weighted by Crippen LogP contribution is 2.27. The summed E-state index contributed by atoms with van der Waals surface area (Å²) in [7, 11) is 1.71. The number of anilines is 2. The van der Waals surface area contributed by atoms with Crippen LogP contribution in [0.4, 0.5) is 11.4 Å². The monoisotopic (exact) mass is 411 g/mol. The van der Waals surface area contributed by atoms with Crippen LogP contribution in [0.5, 0.6) is 5.75 Å². The molecule has 1 heterocycles. The molecule has 3 rings (SSSR count). The van der Waals surface area contributed by atoms with Crippen molar-refractivity contribution >= 4 is 17.3 Å². The van der Waals surface area contributed by atoms with Crippen LogP contribution in [0.1, 0.15) is 12.5 Å². The van der Waals surface area contributed by atoms with E-state index in [9.17, 15) is 4.79 Å². The fourth-order valence-electron chi connectivity index (χ4n) is 4.05.